The lowest BCUT2D eigenvalue weighted by molar-refractivity contribution is 0.0536. The zero-order valence-electron chi connectivity index (χ0n) is 11.7. The fourth-order valence-corrected chi connectivity index (χ4v) is 2.22. The molecule has 5 heteroatoms. The quantitative estimate of drug-likeness (QED) is 0.826. The third kappa shape index (κ3) is 4.55. The molecule has 0 spiro atoms. The van der Waals surface area contributed by atoms with Crippen LogP contribution in [0.25, 0.3) is 0 Å². The van der Waals surface area contributed by atoms with Crippen molar-refractivity contribution in [3.63, 3.8) is 0 Å². The number of aliphatic hydroxyl groups excluding tert-OH is 1. The highest BCUT2D eigenvalue weighted by atomic mass is 19.1. The molecule has 0 radical (unpaired) electrons. The van der Waals surface area contributed by atoms with E-state index in [9.17, 15) is 9.18 Å². The summed E-state index contributed by atoms with van der Waals surface area (Å²) in [6.07, 6.45) is 2.01. The van der Waals surface area contributed by atoms with Gasteiger partial charge in [0, 0.05) is 18.7 Å². The molecule has 0 bridgehead atoms. The number of rotatable bonds is 3. The van der Waals surface area contributed by atoms with Crippen molar-refractivity contribution in [3.8, 4) is 11.8 Å². The van der Waals surface area contributed by atoms with Crippen LogP contribution in [0.2, 0.25) is 0 Å². The Morgan fingerprint density at radius 3 is 3.05 bits per heavy atom. The Hall–Kier alpha value is -1.90. The Morgan fingerprint density at radius 2 is 2.38 bits per heavy atom. The van der Waals surface area contributed by atoms with Crippen LogP contribution in [0.3, 0.4) is 0 Å². The molecule has 1 aromatic carbocycles. The highest BCUT2D eigenvalue weighted by molar-refractivity contribution is 5.94. The Morgan fingerprint density at radius 1 is 1.52 bits per heavy atom. The predicted molar refractivity (Wildman–Crippen MR) is 76.2 cm³/mol. The van der Waals surface area contributed by atoms with E-state index in [1.165, 1.54) is 12.1 Å². The first-order valence-electron chi connectivity index (χ1n) is 6.96. The van der Waals surface area contributed by atoms with E-state index < -0.39 is 11.7 Å². The molecule has 1 aromatic rings. The summed E-state index contributed by atoms with van der Waals surface area (Å²) >= 11 is 0. The molecule has 112 valence electrons. The monoisotopic (exact) mass is 291 g/mol. The first kappa shape index (κ1) is 15.5. The number of carbonyl (C=O) groups is 1. The molecule has 1 amide bonds. The number of nitrogens with one attached hydrogen (secondary N) is 1. The van der Waals surface area contributed by atoms with Crippen molar-refractivity contribution in [2.24, 2.45) is 5.92 Å². The second kappa shape index (κ2) is 7.77. The molecule has 21 heavy (non-hydrogen) atoms. The van der Waals surface area contributed by atoms with E-state index in [0.29, 0.717) is 24.6 Å². The van der Waals surface area contributed by atoms with E-state index in [0.717, 1.165) is 19.4 Å². The van der Waals surface area contributed by atoms with Crippen LogP contribution in [0.15, 0.2) is 18.2 Å². The normalized spacial score (nSPS) is 17.7. The van der Waals surface area contributed by atoms with E-state index in [4.69, 9.17) is 9.84 Å². The summed E-state index contributed by atoms with van der Waals surface area (Å²) in [4.78, 5) is 12.0. The highest BCUT2D eigenvalue weighted by Crippen LogP contribution is 2.13. The van der Waals surface area contributed by atoms with Crippen LogP contribution in [-0.4, -0.2) is 37.4 Å². The molecule has 1 heterocycles. The molecule has 0 aliphatic carbocycles. The fourth-order valence-electron chi connectivity index (χ4n) is 2.22. The minimum absolute atomic E-state index is 0.00118. The second-order valence-electron chi connectivity index (χ2n) is 4.95. The van der Waals surface area contributed by atoms with Gasteiger partial charge >= 0.3 is 0 Å². The summed E-state index contributed by atoms with van der Waals surface area (Å²) in [7, 11) is 0. The molecule has 1 unspecified atom stereocenters. The molecule has 0 saturated carbocycles. The molecule has 4 nitrogen and oxygen atoms in total. The van der Waals surface area contributed by atoms with Crippen LogP contribution >= 0.6 is 0 Å². The van der Waals surface area contributed by atoms with Crippen molar-refractivity contribution >= 4 is 5.91 Å². The standard InChI is InChI=1S/C16H18FNO3/c17-15-9-12(3-1-7-19)5-6-14(15)16(20)18-10-13-4-2-8-21-11-13/h5-6,9,13,19H,2,4,7-8,10-11H2,(H,18,20). The average Bonchev–Trinajstić information content (AvgIpc) is 2.51. The fraction of sp³-hybridized carbons (Fsp3) is 0.438. The smallest absolute Gasteiger partial charge is 0.254 e. The van der Waals surface area contributed by atoms with Gasteiger partial charge in [0.1, 0.15) is 12.4 Å². The predicted octanol–water partition coefficient (Wildman–Crippen LogP) is 1.33. The molecule has 1 fully saturated rings. The van der Waals surface area contributed by atoms with Crippen LogP contribution in [0.4, 0.5) is 4.39 Å². The summed E-state index contributed by atoms with van der Waals surface area (Å²) in [5, 5.41) is 11.3. The van der Waals surface area contributed by atoms with Gasteiger partial charge in [0.25, 0.3) is 5.91 Å². The van der Waals surface area contributed by atoms with Crippen molar-refractivity contribution in [1.82, 2.24) is 5.32 Å². The topological polar surface area (TPSA) is 58.6 Å². The largest absolute Gasteiger partial charge is 0.384 e. The number of hydrogen-bond donors (Lipinski definition) is 2. The van der Waals surface area contributed by atoms with Gasteiger partial charge in [-0.2, -0.15) is 0 Å². The maximum absolute atomic E-state index is 13.9. The molecule has 1 aliphatic heterocycles. The second-order valence-corrected chi connectivity index (χ2v) is 4.95. The minimum Gasteiger partial charge on any atom is -0.384 e. The van der Waals surface area contributed by atoms with Gasteiger partial charge in [0.15, 0.2) is 0 Å². The van der Waals surface area contributed by atoms with Crippen molar-refractivity contribution in [1.29, 1.82) is 0 Å². The molecule has 2 rings (SSSR count). The number of aliphatic hydroxyl groups is 1. The molecule has 0 aromatic heterocycles. The lowest BCUT2D eigenvalue weighted by Gasteiger charge is -2.22. The van der Waals surface area contributed by atoms with Gasteiger partial charge in [-0.3, -0.25) is 4.79 Å². The number of hydrogen-bond acceptors (Lipinski definition) is 3. The first-order chi connectivity index (χ1) is 10.2. The number of carbonyl (C=O) groups excluding carboxylic acids is 1. The van der Waals surface area contributed by atoms with E-state index in [2.05, 4.69) is 17.2 Å². The summed E-state index contributed by atoms with van der Waals surface area (Å²) in [5.74, 6) is 4.28. The van der Waals surface area contributed by atoms with E-state index >= 15 is 0 Å². The van der Waals surface area contributed by atoms with Crippen LogP contribution in [0.1, 0.15) is 28.8 Å². The maximum Gasteiger partial charge on any atom is 0.254 e. The van der Waals surface area contributed by atoms with Crippen molar-refractivity contribution in [2.45, 2.75) is 12.8 Å². The Kier molecular flexibility index (Phi) is 5.73. The first-order valence-corrected chi connectivity index (χ1v) is 6.96. The lowest BCUT2D eigenvalue weighted by atomic mass is 10.0. The summed E-state index contributed by atoms with van der Waals surface area (Å²) in [5.41, 5.74) is 0.431. The van der Waals surface area contributed by atoms with E-state index in [1.807, 2.05) is 0 Å². The molecule has 1 atom stereocenters. The number of benzene rings is 1. The number of halogens is 1. The zero-order chi connectivity index (χ0) is 15.1. The Labute approximate surface area is 123 Å². The Bertz CT molecular complexity index is 556. The van der Waals surface area contributed by atoms with Gasteiger partial charge in [0.05, 0.1) is 12.2 Å². The van der Waals surface area contributed by atoms with Gasteiger partial charge in [-0.25, -0.2) is 4.39 Å². The average molecular weight is 291 g/mol. The van der Waals surface area contributed by atoms with Crippen LogP contribution in [0.5, 0.6) is 0 Å². The molecular weight excluding hydrogens is 273 g/mol. The summed E-state index contributed by atoms with van der Waals surface area (Å²) < 4.78 is 19.2. The van der Waals surface area contributed by atoms with Gasteiger partial charge in [0.2, 0.25) is 0 Å². The van der Waals surface area contributed by atoms with Crippen molar-refractivity contribution in [3.05, 3.63) is 35.1 Å². The van der Waals surface area contributed by atoms with Crippen LogP contribution < -0.4 is 5.32 Å². The van der Waals surface area contributed by atoms with Crippen LogP contribution in [-0.2, 0) is 4.74 Å². The van der Waals surface area contributed by atoms with Gasteiger partial charge in [-0.05, 0) is 37.0 Å². The molecule has 1 aliphatic rings. The lowest BCUT2D eigenvalue weighted by Crippen LogP contribution is -2.33. The van der Waals surface area contributed by atoms with Gasteiger partial charge < -0.3 is 15.2 Å². The molecule has 1 saturated heterocycles. The third-order valence-electron chi connectivity index (χ3n) is 3.33. The number of ether oxygens (including phenoxy) is 1. The van der Waals surface area contributed by atoms with E-state index in [-0.39, 0.29) is 12.2 Å². The van der Waals surface area contributed by atoms with Crippen molar-refractivity contribution < 1.29 is 19.0 Å². The summed E-state index contributed by atoms with van der Waals surface area (Å²) in [6.45, 7) is 1.62. The minimum atomic E-state index is -0.614. The zero-order valence-corrected chi connectivity index (χ0v) is 11.7. The maximum atomic E-state index is 13.9. The number of amides is 1. The highest BCUT2D eigenvalue weighted by Gasteiger charge is 2.17. The van der Waals surface area contributed by atoms with Crippen LogP contribution in [0, 0.1) is 23.6 Å². The van der Waals surface area contributed by atoms with Gasteiger partial charge in [-0.1, -0.05) is 11.8 Å². The molecule has 2 N–H and O–H groups in total. The Balaban J connectivity index is 1.95. The van der Waals surface area contributed by atoms with Crippen molar-refractivity contribution in [2.75, 3.05) is 26.4 Å². The third-order valence-corrected chi connectivity index (χ3v) is 3.33. The van der Waals surface area contributed by atoms with Gasteiger partial charge in [-0.15, -0.1) is 0 Å². The SMILES string of the molecule is O=C(NCC1CCCOC1)c1ccc(C#CCO)cc1F. The van der Waals surface area contributed by atoms with E-state index in [1.54, 1.807) is 6.07 Å². The molecular formula is C16H18FNO3. The summed E-state index contributed by atoms with van der Waals surface area (Å²) in [6, 6.07) is 4.16.